The monoisotopic (exact) mass is 340 g/mol. The fraction of sp³-hybridized carbons (Fsp3) is 0.0667. The second-order valence-corrected chi connectivity index (χ2v) is 5.70. The molecule has 1 heterocycles. The molecule has 0 spiro atoms. The van der Waals surface area contributed by atoms with E-state index in [4.69, 9.17) is 0 Å². The van der Waals surface area contributed by atoms with Gasteiger partial charge in [-0.1, -0.05) is 17.4 Å². The van der Waals surface area contributed by atoms with Crippen molar-refractivity contribution in [3.8, 4) is 0 Å². The lowest BCUT2D eigenvalue weighted by atomic mass is 10.2. The summed E-state index contributed by atoms with van der Waals surface area (Å²) in [6, 6.07) is 4.80. The van der Waals surface area contributed by atoms with Gasteiger partial charge in [0.2, 0.25) is 0 Å². The first-order chi connectivity index (χ1) is 10.9. The number of carbonyl (C=O) groups excluding carboxylic acids is 1. The summed E-state index contributed by atoms with van der Waals surface area (Å²) in [6.07, 6.45) is 0. The van der Waals surface area contributed by atoms with Crippen LogP contribution < -0.4 is 4.80 Å². The van der Waals surface area contributed by atoms with Crippen molar-refractivity contribution in [2.45, 2.75) is 0 Å². The van der Waals surface area contributed by atoms with Crippen LogP contribution in [-0.4, -0.2) is 10.5 Å². The molecule has 0 saturated heterocycles. The molecule has 118 valence electrons. The van der Waals surface area contributed by atoms with Gasteiger partial charge in [0.15, 0.2) is 10.6 Å². The van der Waals surface area contributed by atoms with Crippen molar-refractivity contribution in [1.82, 2.24) is 4.57 Å². The fourth-order valence-electron chi connectivity index (χ4n) is 2.15. The van der Waals surface area contributed by atoms with E-state index < -0.39 is 34.7 Å². The second kappa shape index (κ2) is 5.62. The van der Waals surface area contributed by atoms with Gasteiger partial charge < -0.3 is 4.57 Å². The van der Waals surface area contributed by atoms with Gasteiger partial charge in [-0.05, 0) is 18.2 Å². The number of carbonyl (C=O) groups is 1. The zero-order chi connectivity index (χ0) is 16.7. The molecule has 0 radical (unpaired) electrons. The number of fused-ring (bicyclic) bond motifs is 1. The van der Waals surface area contributed by atoms with Crippen molar-refractivity contribution in [3.63, 3.8) is 0 Å². The Morgan fingerprint density at radius 2 is 1.74 bits per heavy atom. The molecule has 3 aromatic rings. The summed E-state index contributed by atoms with van der Waals surface area (Å²) in [6.45, 7) is 0. The summed E-state index contributed by atoms with van der Waals surface area (Å²) in [5.41, 5.74) is -0.742. The summed E-state index contributed by atoms with van der Waals surface area (Å²) in [5.74, 6) is -4.80. The number of amides is 1. The average molecular weight is 340 g/mol. The van der Waals surface area contributed by atoms with E-state index in [1.54, 1.807) is 0 Å². The first kappa shape index (κ1) is 15.4. The minimum atomic E-state index is -1.14. The van der Waals surface area contributed by atoms with Crippen molar-refractivity contribution in [1.29, 1.82) is 0 Å². The zero-order valence-electron chi connectivity index (χ0n) is 11.6. The summed E-state index contributed by atoms with van der Waals surface area (Å²) < 4.78 is 55.7. The Morgan fingerprint density at radius 1 is 1.09 bits per heavy atom. The van der Waals surface area contributed by atoms with Crippen molar-refractivity contribution < 1.29 is 22.4 Å². The number of aryl methyl sites for hydroxylation is 1. The van der Waals surface area contributed by atoms with E-state index in [-0.39, 0.29) is 15.0 Å². The largest absolute Gasteiger partial charge is 0.317 e. The van der Waals surface area contributed by atoms with Gasteiger partial charge in [-0.3, -0.25) is 4.79 Å². The average Bonchev–Trinajstić information content (AvgIpc) is 2.74. The summed E-state index contributed by atoms with van der Waals surface area (Å²) in [4.78, 5) is 15.6. The molecule has 0 unspecified atom stereocenters. The molecular formula is C15H8F4N2OS. The van der Waals surface area contributed by atoms with Crippen LogP contribution in [0.4, 0.5) is 17.6 Å². The molecule has 23 heavy (non-hydrogen) atoms. The first-order valence-corrected chi connectivity index (χ1v) is 7.18. The highest BCUT2D eigenvalue weighted by atomic mass is 32.1. The minimum Gasteiger partial charge on any atom is -0.317 e. The van der Waals surface area contributed by atoms with Crippen LogP contribution in [0, 0.1) is 23.3 Å². The lowest BCUT2D eigenvalue weighted by molar-refractivity contribution is 0.0990. The number of halogens is 4. The SMILES string of the molecule is Cn1c(=NC(=O)c2c(F)cccc2F)sc2cc(F)cc(F)c21. The molecule has 8 heteroatoms. The third kappa shape index (κ3) is 2.65. The third-order valence-electron chi connectivity index (χ3n) is 3.19. The van der Waals surface area contributed by atoms with Gasteiger partial charge in [0.1, 0.15) is 23.0 Å². The topological polar surface area (TPSA) is 34.4 Å². The van der Waals surface area contributed by atoms with Gasteiger partial charge in [-0.15, -0.1) is 0 Å². The molecule has 0 atom stereocenters. The molecule has 0 fully saturated rings. The molecular weight excluding hydrogens is 332 g/mol. The van der Waals surface area contributed by atoms with Crippen LogP contribution in [-0.2, 0) is 7.05 Å². The highest BCUT2D eigenvalue weighted by Gasteiger charge is 2.17. The molecule has 2 aromatic carbocycles. The van der Waals surface area contributed by atoms with Gasteiger partial charge >= 0.3 is 0 Å². The van der Waals surface area contributed by atoms with Crippen LogP contribution >= 0.6 is 11.3 Å². The van der Waals surface area contributed by atoms with Crippen LogP contribution in [0.25, 0.3) is 10.2 Å². The molecule has 3 rings (SSSR count). The quantitative estimate of drug-likeness (QED) is 0.624. The number of rotatable bonds is 1. The Labute approximate surface area is 131 Å². The predicted molar refractivity (Wildman–Crippen MR) is 77.0 cm³/mol. The number of nitrogens with zero attached hydrogens (tertiary/aromatic N) is 2. The van der Waals surface area contributed by atoms with E-state index in [1.165, 1.54) is 11.6 Å². The molecule has 0 N–H and O–H groups in total. The van der Waals surface area contributed by atoms with Crippen LogP contribution in [0.2, 0.25) is 0 Å². The van der Waals surface area contributed by atoms with Crippen LogP contribution in [0.3, 0.4) is 0 Å². The summed E-state index contributed by atoms with van der Waals surface area (Å²) >= 11 is 0.838. The fourth-order valence-corrected chi connectivity index (χ4v) is 3.21. The van der Waals surface area contributed by atoms with E-state index in [0.717, 1.165) is 35.6 Å². The predicted octanol–water partition coefficient (Wildman–Crippen LogP) is 3.54. The first-order valence-electron chi connectivity index (χ1n) is 6.36. The van der Waals surface area contributed by atoms with Crippen LogP contribution in [0.5, 0.6) is 0 Å². The van der Waals surface area contributed by atoms with Crippen molar-refractivity contribution in [2.24, 2.45) is 12.0 Å². The smallest absolute Gasteiger partial charge is 0.285 e. The van der Waals surface area contributed by atoms with Crippen molar-refractivity contribution in [2.75, 3.05) is 0 Å². The maximum absolute atomic E-state index is 13.8. The van der Waals surface area contributed by atoms with Gasteiger partial charge in [0.05, 0.1) is 10.2 Å². The maximum atomic E-state index is 13.8. The molecule has 0 bridgehead atoms. The third-order valence-corrected chi connectivity index (χ3v) is 4.27. The Balaban J connectivity index is 2.20. The zero-order valence-corrected chi connectivity index (χ0v) is 12.4. The number of thiazole rings is 1. The Bertz CT molecular complexity index is 986. The second-order valence-electron chi connectivity index (χ2n) is 4.69. The highest BCUT2D eigenvalue weighted by molar-refractivity contribution is 7.16. The van der Waals surface area contributed by atoms with E-state index in [0.29, 0.717) is 6.07 Å². The van der Waals surface area contributed by atoms with Gasteiger partial charge in [-0.25, -0.2) is 17.6 Å². The molecule has 0 saturated carbocycles. The summed E-state index contributed by atoms with van der Waals surface area (Å²) in [5, 5.41) is 0. The summed E-state index contributed by atoms with van der Waals surface area (Å²) in [7, 11) is 1.42. The number of hydrogen-bond donors (Lipinski definition) is 0. The van der Waals surface area contributed by atoms with Crippen LogP contribution in [0.15, 0.2) is 35.3 Å². The lowest BCUT2D eigenvalue weighted by Crippen LogP contribution is -2.15. The standard InChI is InChI=1S/C15H8F4N2OS/c1-21-13-10(19)5-7(16)6-11(13)23-15(21)20-14(22)12-8(17)3-2-4-9(12)18/h2-6H,1H3. The number of aromatic nitrogens is 1. The molecule has 3 nitrogen and oxygen atoms in total. The Morgan fingerprint density at radius 3 is 2.39 bits per heavy atom. The maximum Gasteiger partial charge on any atom is 0.285 e. The molecule has 1 amide bonds. The van der Waals surface area contributed by atoms with Gasteiger partial charge in [-0.2, -0.15) is 4.99 Å². The molecule has 1 aromatic heterocycles. The van der Waals surface area contributed by atoms with E-state index in [1.807, 2.05) is 0 Å². The van der Waals surface area contributed by atoms with E-state index >= 15 is 0 Å². The minimum absolute atomic E-state index is 0.00264. The van der Waals surface area contributed by atoms with Crippen molar-refractivity contribution in [3.05, 3.63) is 64.0 Å². The number of hydrogen-bond acceptors (Lipinski definition) is 2. The lowest BCUT2D eigenvalue weighted by Gasteiger charge is -2.00. The highest BCUT2D eigenvalue weighted by Crippen LogP contribution is 2.21. The molecule has 0 aliphatic carbocycles. The number of benzene rings is 2. The van der Waals surface area contributed by atoms with Gasteiger partial charge in [0, 0.05) is 13.1 Å². The van der Waals surface area contributed by atoms with Crippen LogP contribution in [0.1, 0.15) is 10.4 Å². The van der Waals surface area contributed by atoms with Crippen molar-refractivity contribution >= 4 is 27.5 Å². The molecule has 0 aliphatic heterocycles. The van der Waals surface area contributed by atoms with E-state index in [2.05, 4.69) is 4.99 Å². The Kier molecular flexibility index (Phi) is 3.77. The van der Waals surface area contributed by atoms with Gasteiger partial charge in [0.25, 0.3) is 5.91 Å². The Hall–Kier alpha value is -2.48. The molecule has 0 aliphatic rings. The normalized spacial score (nSPS) is 12.1. The van der Waals surface area contributed by atoms with E-state index in [9.17, 15) is 22.4 Å².